The summed E-state index contributed by atoms with van der Waals surface area (Å²) in [5, 5.41) is 14.7. The van der Waals surface area contributed by atoms with Crippen molar-refractivity contribution in [1.29, 1.82) is 0 Å². The lowest BCUT2D eigenvalue weighted by molar-refractivity contribution is -0.718. The average Bonchev–Trinajstić information content (AvgIpc) is 3.16. The molecule has 3 aromatic carbocycles. The van der Waals surface area contributed by atoms with Crippen molar-refractivity contribution < 1.29 is 14.4 Å². The zero-order chi connectivity index (χ0) is 25.7. The minimum atomic E-state index is -1.32. The minimum Gasteiger partial charge on any atom is -0.359 e. The number of fused-ring (bicyclic) bond motifs is 14. The molecule has 0 radical (unpaired) electrons. The summed E-state index contributed by atoms with van der Waals surface area (Å²) in [5.74, 6) is -1.32. The lowest BCUT2D eigenvalue weighted by Crippen LogP contribution is -2.55. The van der Waals surface area contributed by atoms with Crippen LogP contribution >= 0.6 is 11.3 Å². The van der Waals surface area contributed by atoms with Gasteiger partial charge in [-0.25, -0.2) is 0 Å². The van der Waals surface area contributed by atoms with E-state index in [1.54, 1.807) is 7.11 Å². The second-order valence-electron chi connectivity index (χ2n) is 12.0. The lowest BCUT2D eigenvalue weighted by atomic mass is 9.77. The Morgan fingerprint density at radius 3 is 2.41 bits per heavy atom. The van der Waals surface area contributed by atoms with E-state index in [2.05, 4.69) is 106 Å². The summed E-state index contributed by atoms with van der Waals surface area (Å²) in [6.07, 6.45) is 0. The number of benzene rings is 3. The Hall–Kier alpha value is -3.05. The van der Waals surface area contributed by atoms with E-state index in [1.165, 1.54) is 53.7 Å². The SMILES string of the molecule is COC1(O)C2(C)c3ccc4c(c3-c3ccc5cc(C)ccc5[n+]3C12C)-c1sc2ccccc2c1C4(C)C. The molecule has 1 N–H and O–H groups in total. The van der Waals surface area contributed by atoms with Crippen LogP contribution in [0.25, 0.3) is 42.7 Å². The Balaban J connectivity index is 1.58. The average molecular weight is 505 g/mol. The molecule has 1 aliphatic heterocycles. The third-order valence-corrected chi connectivity index (χ3v) is 11.4. The monoisotopic (exact) mass is 504 g/mol. The summed E-state index contributed by atoms with van der Waals surface area (Å²) in [4.78, 5) is 1.36. The summed E-state index contributed by atoms with van der Waals surface area (Å²) in [7, 11) is 1.64. The van der Waals surface area contributed by atoms with Crippen LogP contribution in [0.2, 0.25) is 0 Å². The van der Waals surface area contributed by atoms with Crippen molar-refractivity contribution in [2.24, 2.45) is 0 Å². The Morgan fingerprint density at radius 1 is 0.865 bits per heavy atom. The van der Waals surface area contributed by atoms with Gasteiger partial charge in [-0.3, -0.25) is 0 Å². The third-order valence-electron chi connectivity index (χ3n) is 10.2. The van der Waals surface area contributed by atoms with E-state index in [4.69, 9.17) is 4.74 Å². The maximum atomic E-state index is 12.1. The van der Waals surface area contributed by atoms with E-state index in [-0.39, 0.29) is 5.41 Å². The summed E-state index contributed by atoms with van der Waals surface area (Å²) < 4.78 is 9.72. The summed E-state index contributed by atoms with van der Waals surface area (Å²) >= 11 is 1.90. The van der Waals surface area contributed by atoms with Crippen LogP contribution in [-0.4, -0.2) is 18.0 Å². The number of methoxy groups -OCH3 is 1. The molecule has 0 bridgehead atoms. The Bertz CT molecular complexity index is 1870. The van der Waals surface area contributed by atoms with E-state index in [9.17, 15) is 5.11 Å². The highest BCUT2D eigenvalue weighted by atomic mass is 32.1. The first-order valence-corrected chi connectivity index (χ1v) is 13.9. The normalized spacial score (nSPS) is 28.0. The van der Waals surface area contributed by atoms with Crippen LogP contribution < -0.4 is 4.57 Å². The van der Waals surface area contributed by atoms with Crippen molar-refractivity contribution in [3.8, 4) is 21.7 Å². The smallest absolute Gasteiger partial charge is 0.250 e. The molecule has 2 aromatic heterocycles. The van der Waals surface area contributed by atoms with Gasteiger partial charge >= 0.3 is 0 Å². The predicted molar refractivity (Wildman–Crippen MR) is 150 cm³/mol. The topological polar surface area (TPSA) is 33.3 Å². The highest BCUT2D eigenvalue weighted by Gasteiger charge is 2.94. The summed E-state index contributed by atoms with van der Waals surface area (Å²) in [6, 6.07) is 24.5. The molecule has 5 aromatic rings. The van der Waals surface area contributed by atoms with E-state index >= 15 is 0 Å². The first-order valence-electron chi connectivity index (χ1n) is 13.1. The Kier molecular flexibility index (Phi) is 3.75. The van der Waals surface area contributed by atoms with Crippen molar-refractivity contribution in [3.05, 3.63) is 89.0 Å². The van der Waals surface area contributed by atoms with Crippen molar-refractivity contribution in [2.75, 3.05) is 7.11 Å². The van der Waals surface area contributed by atoms with Crippen molar-refractivity contribution in [1.82, 2.24) is 0 Å². The molecule has 3 atom stereocenters. The van der Waals surface area contributed by atoms with Gasteiger partial charge in [0, 0.05) is 52.1 Å². The number of thiophene rings is 1. The van der Waals surface area contributed by atoms with Crippen molar-refractivity contribution in [2.45, 2.75) is 56.8 Å². The van der Waals surface area contributed by atoms with Gasteiger partial charge < -0.3 is 9.84 Å². The molecule has 4 heteroatoms. The number of aryl methyl sites for hydroxylation is 1. The fourth-order valence-electron chi connectivity index (χ4n) is 8.13. The van der Waals surface area contributed by atoms with Crippen LogP contribution in [-0.2, 0) is 21.1 Å². The van der Waals surface area contributed by atoms with E-state index in [1.807, 2.05) is 11.3 Å². The number of nitrogens with zero attached hydrogens (tertiary/aromatic N) is 1. The van der Waals surface area contributed by atoms with Gasteiger partial charge in [0.05, 0.1) is 5.56 Å². The molecular formula is C33H30NO2S+. The zero-order valence-corrected chi connectivity index (χ0v) is 22.9. The molecule has 0 spiro atoms. The van der Waals surface area contributed by atoms with Crippen LogP contribution in [0.5, 0.6) is 0 Å². The molecule has 37 heavy (non-hydrogen) atoms. The van der Waals surface area contributed by atoms with E-state index < -0.39 is 16.7 Å². The second-order valence-corrected chi connectivity index (χ2v) is 13.1. The van der Waals surface area contributed by atoms with E-state index in [0.717, 1.165) is 11.2 Å². The number of pyridine rings is 1. The van der Waals surface area contributed by atoms with Crippen LogP contribution in [0.15, 0.2) is 66.7 Å². The third kappa shape index (κ3) is 2.09. The number of aliphatic hydroxyl groups is 1. The first kappa shape index (κ1) is 22.0. The maximum absolute atomic E-state index is 12.1. The number of aromatic nitrogens is 1. The molecule has 3 aliphatic rings. The van der Waals surface area contributed by atoms with Gasteiger partial charge in [0.2, 0.25) is 22.5 Å². The molecule has 3 nitrogen and oxygen atoms in total. The lowest BCUT2D eigenvalue weighted by Gasteiger charge is -2.28. The molecule has 0 amide bonds. The molecule has 1 saturated carbocycles. The molecule has 184 valence electrons. The largest absolute Gasteiger partial charge is 0.359 e. The van der Waals surface area contributed by atoms with Gasteiger partial charge in [-0.15, -0.1) is 11.3 Å². The van der Waals surface area contributed by atoms with Gasteiger partial charge in [-0.1, -0.05) is 55.8 Å². The molecule has 3 unspecified atom stereocenters. The van der Waals surface area contributed by atoms with Gasteiger partial charge in [-0.05, 0) is 54.1 Å². The molecule has 1 fully saturated rings. The van der Waals surface area contributed by atoms with Crippen LogP contribution in [0.4, 0.5) is 0 Å². The van der Waals surface area contributed by atoms with Crippen LogP contribution in [0.3, 0.4) is 0 Å². The predicted octanol–water partition coefficient (Wildman–Crippen LogP) is 6.96. The fourth-order valence-corrected chi connectivity index (χ4v) is 9.55. The standard InChI is InChI=1S/C33H30NO2S/c1-18-11-15-23-19(17-18)12-16-24-26-22(31(4)32(5,34(23)24)33(31,35)36-6)14-13-21-27(26)29-28(30(21,2)3)20-9-7-8-10-25(20)37-29/h7-17,35H,1-6H3/q+1. The Labute approximate surface area is 221 Å². The first-order chi connectivity index (χ1) is 17.6. The molecule has 8 rings (SSSR count). The zero-order valence-electron chi connectivity index (χ0n) is 22.1. The molecular weight excluding hydrogens is 474 g/mol. The Morgan fingerprint density at radius 2 is 1.62 bits per heavy atom. The van der Waals surface area contributed by atoms with Gasteiger partial charge in [0.1, 0.15) is 5.41 Å². The number of hydrogen-bond acceptors (Lipinski definition) is 3. The molecule has 0 saturated heterocycles. The highest BCUT2D eigenvalue weighted by molar-refractivity contribution is 7.22. The van der Waals surface area contributed by atoms with E-state index in [0.29, 0.717) is 0 Å². The van der Waals surface area contributed by atoms with Crippen LogP contribution in [0.1, 0.15) is 49.9 Å². The molecule has 3 heterocycles. The second kappa shape index (κ2) is 6.32. The van der Waals surface area contributed by atoms with Gasteiger partial charge in [0.15, 0.2) is 0 Å². The van der Waals surface area contributed by atoms with Crippen LogP contribution in [0, 0.1) is 6.92 Å². The highest BCUT2D eigenvalue weighted by Crippen LogP contribution is 2.73. The van der Waals surface area contributed by atoms with Gasteiger partial charge in [-0.2, -0.15) is 4.57 Å². The quantitative estimate of drug-likeness (QED) is 0.198. The minimum absolute atomic E-state index is 0.110. The number of rotatable bonds is 1. The fraction of sp³-hybridized carbons (Fsp3) is 0.303. The number of hydrogen-bond donors (Lipinski definition) is 1. The van der Waals surface area contributed by atoms with Gasteiger partial charge in [0.25, 0.3) is 0 Å². The summed E-state index contributed by atoms with van der Waals surface area (Å²) in [5.41, 5.74) is 8.69. The number of ether oxygens (including phenoxy) is 1. The molecule has 2 aliphatic carbocycles. The summed E-state index contributed by atoms with van der Waals surface area (Å²) in [6.45, 7) is 11.2. The van der Waals surface area contributed by atoms with Crippen molar-refractivity contribution >= 4 is 32.3 Å². The van der Waals surface area contributed by atoms with Crippen molar-refractivity contribution in [3.63, 3.8) is 0 Å². The maximum Gasteiger partial charge on any atom is 0.250 e.